The second kappa shape index (κ2) is 10.8. The highest BCUT2D eigenvalue weighted by Crippen LogP contribution is 2.23. The van der Waals surface area contributed by atoms with Crippen LogP contribution in [-0.4, -0.2) is 35.3 Å². The standard InChI is InChI=1S/C23H33N3O5S2/c1-17(2)26-33(30,31)21-8-6-7-18(15-21)16-24-22(27)13-14-25-32(28,29)20-11-9-19(10-12-20)23(3,4)5/h6-12,15,17,25-26H,13-14,16H2,1-5H3,(H,24,27). The fourth-order valence-electron chi connectivity index (χ4n) is 3.01. The van der Waals surface area contributed by atoms with Gasteiger partial charge in [-0.1, -0.05) is 45.0 Å². The Balaban J connectivity index is 1.88. The van der Waals surface area contributed by atoms with Gasteiger partial charge in [0.1, 0.15) is 0 Å². The largest absolute Gasteiger partial charge is 0.352 e. The number of hydrogen-bond acceptors (Lipinski definition) is 5. The van der Waals surface area contributed by atoms with E-state index in [-0.39, 0.29) is 46.7 Å². The van der Waals surface area contributed by atoms with Crippen LogP contribution in [0.25, 0.3) is 0 Å². The number of amides is 1. The summed E-state index contributed by atoms with van der Waals surface area (Å²) in [5, 5.41) is 2.68. The minimum Gasteiger partial charge on any atom is -0.352 e. The maximum absolute atomic E-state index is 12.5. The third-order valence-corrected chi connectivity index (χ3v) is 7.90. The zero-order chi connectivity index (χ0) is 24.9. The van der Waals surface area contributed by atoms with Crippen LogP contribution in [0.2, 0.25) is 0 Å². The van der Waals surface area contributed by atoms with Gasteiger partial charge < -0.3 is 5.32 Å². The van der Waals surface area contributed by atoms with Crippen LogP contribution < -0.4 is 14.8 Å². The third kappa shape index (κ3) is 8.22. The number of nitrogens with one attached hydrogen (secondary N) is 3. The van der Waals surface area contributed by atoms with E-state index in [1.807, 2.05) is 20.8 Å². The average Bonchev–Trinajstić information content (AvgIpc) is 2.71. The van der Waals surface area contributed by atoms with Crippen molar-refractivity contribution in [1.29, 1.82) is 0 Å². The summed E-state index contributed by atoms with van der Waals surface area (Å²) in [5.41, 5.74) is 1.56. The van der Waals surface area contributed by atoms with Crippen molar-refractivity contribution in [3.05, 3.63) is 59.7 Å². The number of sulfonamides is 2. The second-order valence-electron chi connectivity index (χ2n) is 9.12. The van der Waals surface area contributed by atoms with E-state index in [0.717, 1.165) is 5.56 Å². The minimum absolute atomic E-state index is 0.0494. The smallest absolute Gasteiger partial charge is 0.240 e. The SMILES string of the molecule is CC(C)NS(=O)(=O)c1cccc(CNC(=O)CCNS(=O)(=O)c2ccc(C(C)(C)C)cc2)c1. The first-order valence-electron chi connectivity index (χ1n) is 10.7. The zero-order valence-electron chi connectivity index (χ0n) is 19.7. The molecule has 0 aliphatic carbocycles. The number of rotatable bonds is 10. The van der Waals surface area contributed by atoms with E-state index >= 15 is 0 Å². The molecule has 0 fully saturated rings. The average molecular weight is 496 g/mol. The molecule has 0 spiro atoms. The molecule has 0 bridgehead atoms. The summed E-state index contributed by atoms with van der Waals surface area (Å²) in [6, 6.07) is 12.7. The van der Waals surface area contributed by atoms with Crippen molar-refractivity contribution >= 4 is 26.0 Å². The summed E-state index contributed by atoms with van der Waals surface area (Å²) < 4.78 is 54.4. The van der Waals surface area contributed by atoms with Crippen LogP contribution in [0.1, 0.15) is 52.2 Å². The second-order valence-corrected chi connectivity index (χ2v) is 12.6. The Morgan fingerprint density at radius 2 is 1.55 bits per heavy atom. The van der Waals surface area contributed by atoms with Gasteiger partial charge in [-0.05, 0) is 54.7 Å². The third-order valence-electron chi connectivity index (χ3n) is 4.76. The van der Waals surface area contributed by atoms with Crippen molar-refractivity contribution in [2.45, 2.75) is 68.8 Å². The summed E-state index contributed by atoms with van der Waals surface area (Å²) in [6.07, 6.45) is -0.0494. The Kier molecular flexibility index (Phi) is 8.81. The molecule has 182 valence electrons. The Labute approximate surface area is 197 Å². The normalized spacial score (nSPS) is 12.7. The molecule has 0 atom stereocenters. The van der Waals surface area contributed by atoms with Gasteiger partial charge in [-0.25, -0.2) is 26.3 Å². The fourth-order valence-corrected chi connectivity index (χ4v) is 5.36. The lowest BCUT2D eigenvalue weighted by Gasteiger charge is -2.19. The summed E-state index contributed by atoms with van der Waals surface area (Å²) in [6.45, 7) is 9.68. The van der Waals surface area contributed by atoms with Gasteiger partial charge in [-0.15, -0.1) is 0 Å². The van der Waals surface area contributed by atoms with Gasteiger partial charge in [0.2, 0.25) is 26.0 Å². The highest BCUT2D eigenvalue weighted by atomic mass is 32.2. The molecule has 33 heavy (non-hydrogen) atoms. The van der Waals surface area contributed by atoms with Gasteiger partial charge in [-0.3, -0.25) is 4.79 Å². The lowest BCUT2D eigenvalue weighted by Crippen LogP contribution is -2.31. The molecule has 2 rings (SSSR count). The first-order valence-corrected chi connectivity index (χ1v) is 13.7. The zero-order valence-corrected chi connectivity index (χ0v) is 21.3. The fraction of sp³-hybridized carbons (Fsp3) is 0.435. The lowest BCUT2D eigenvalue weighted by molar-refractivity contribution is -0.121. The molecule has 0 saturated carbocycles. The molecule has 8 nitrogen and oxygen atoms in total. The molecule has 2 aromatic carbocycles. The van der Waals surface area contributed by atoms with Crippen molar-refractivity contribution in [1.82, 2.24) is 14.8 Å². The topological polar surface area (TPSA) is 121 Å². The molecule has 0 radical (unpaired) electrons. The molecule has 0 aliphatic heterocycles. The van der Waals surface area contributed by atoms with Crippen molar-refractivity contribution < 1.29 is 21.6 Å². The highest BCUT2D eigenvalue weighted by molar-refractivity contribution is 7.89. The first-order chi connectivity index (χ1) is 15.2. The van der Waals surface area contributed by atoms with Crippen molar-refractivity contribution in [3.63, 3.8) is 0 Å². The van der Waals surface area contributed by atoms with E-state index in [1.54, 1.807) is 50.2 Å². The van der Waals surface area contributed by atoms with Gasteiger partial charge in [0, 0.05) is 25.6 Å². The summed E-state index contributed by atoms with van der Waals surface area (Å²) >= 11 is 0. The predicted molar refractivity (Wildman–Crippen MR) is 129 cm³/mol. The van der Waals surface area contributed by atoms with Gasteiger partial charge in [0.15, 0.2) is 0 Å². The van der Waals surface area contributed by atoms with Crippen LogP contribution in [0.15, 0.2) is 58.3 Å². The number of hydrogen-bond donors (Lipinski definition) is 3. The summed E-state index contributed by atoms with van der Waals surface area (Å²) in [5.74, 6) is -0.352. The van der Waals surface area contributed by atoms with Crippen LogP contribution in [0.5, 0.6) is 0 Å². The van der Waals surface area contributed by atoms with E-state index in [4.69, 9.17) is 0 Å². The van der Waals surface area contributed by atoms with Gasteiger partial charge in [0.25, 0.3) is 0 Å². The molecule has 3 N–H and O–H groups in total. The first kappa shape index (κ1) is 27.0. The monoisotopic (exact) mass is 495 g/mol. The van der Waals surface area contributed by atoms with Crippen molar-refractivity contribution in [2.75, 3.05) is 6.54 Å². The van der Waals surface area contributed by atoms with Crippen LogP contribution in [-0.2, 0) is 36.8 Å². The van der Waals surface area contributed by atoms with Crippen LogP contribution in [0.4, 0.5) is 0 Å². The Bertz CT molecular complexity index is 1170. The van der Waals surface area contributed by atoms with Crippen LogP contribution in [0, 0.1) is 0 Å². The Morgan fingerprint density at radius 1 is 0.909 bits per heavy atom. The molecule has 10 heteroatoms. The molecule has 2 aromatic rings. The number of benzene rings is 2. The van der Waals surface area contributed by atoms with Gasteiger partial charge in [0.05, 0.1) is 9.79 Å². The molecule has 0 heterocycles. The van der Waals surface area contributed by atoms with Crippen molar-refractivity contribution in [2.24, 2.45) is 0 Å². The predicted octanol–water partition coefficient (Wildman–Crippen LogP) is 2.66. The van der Waals surface area contributed by atoms with E-state index < -0.39 is 20.0 Å². The number of carbonyl (C=O) groups is 1. The minimum atomic E-state index is -3.72. The lowest BCUT2D eigenvalue weighted by atomic mass is 9.87. The molecular weight excluding hydrogens is 462 g/mol. The Hall–Kier alpha value is -2.27. The summed E-state index contributed by atoms with van der Waals surface area (Å²) in [7, 11) is -7.35. The quantitative estimate of drug-likeness (QED) is 0.468. The van der Waals surface area contributed by atoms with E-state index in [9.17, 15) is 21.6 Å². The Morgan fingerprint density at radius 3 is 2.12 bits per heavy atom. The molecule has 1 amide bonds. The van der Waals surface area contributed by atoms with Gasteiger partial charge >= 0.3 is 0 Å². The highest BCUT2D eigenvalue weighted by Gasteiger charge is 2.18. The molecular formula is C23H33N3O5S2. The number of carbonyl (C=O) groups excluding carboxylic acids is 1. The molecule has 0 aromatic heterocycles. The van der Waals surface area contributed by atoms with Crippen molar-refractivity contribution in [3.8, 4) is 0 Å². The maximum Gasteiger partial charge on any atom is 0.240 e. The van der Waals surface area contributed by atoms with E-state index in [1.165, 1.54) is 12.1 Å². The van der Waals surface area contributed by atoms with Crippen LogP contribution in [0.3, 0.4) is 0 Å². The molecule has 0 unspecified atom stereocenters. The molecule has 0 saturated heterocycles. The summed E-state index contributed by atoms with van der Waals surface area (Å²) in [4.78, 5) is 12.4. The van der Waals surface area contributed by atoms with E-state index in [0.29, 0.717) is 5.56 Å². The van der Waals surface area contributed by atoms with Crippen LogP contribution >= 0.6 is 0 Å². The van der Waals surface area contributed by atoms with Gasteiger partial charge in [-0.2, -0.15) is 0 Å². The molecule has 0 aliphatic rings. The van der Waals surface area contributed by atoms with E-state index in [2.05, 4.69) is 14.8 Å². The maximum atomic E-state index is 12.5.